The molecule has 24 heavy (non-hydrogen) atoms. The highest BCUT2D eigenvalue weighted by Gasteiger charge is 2.31. The standard InChI is InChI=1S/C19H24N4O/c1-14-10-21-23(13-14)18-4-2-15(3-5-18)19(24)22-8-6-16-11-20-12-17(16)7-9-22/h2-5,10,13,16-17,20H,6-9,11-12H2,1H3/t16-,17+. The van der Waals surface area contributed by atoms with E-state index in [0.29, 0.717) is 0 Å². The Balaban J connectivity index is 1.46. The quantitative estimate of drug-likeness (QED) is 0.922. The predicted octanol–water partition coefficient (Wildman–Crippen LogP) is 2.25. The van der Waals surface area contributed by atoms with Gasteiger partial charge in [0.25, 0.3) is 5.91 Å². The van der Waals surface area contributed by atoms with Crippen molar-refractivity contribution in [1.82, 2.24) is 20.0 Å². The third-order valence-electron chi connectivity index (χ3n) is 5.40. The van der Waals surface area contributed by atoms with Crippen LogP contribution in [0, 0.1) is 18.8 Å². The lowest BCUT2D eigenvalue weighted by Gasteiger charge is -2.21. The second-order valence-corrected chi connectivity index (χ2v) is 7.06. The maximum absolute atomic E-state index is 12.8. The number of hydrogen-bond acceptors (Lipinski definition) is 3. The number of fused-ring (bicyclic) bond motifs is 1. The molecule has 1 aromatic heterocycles. The zero-order valence-corrected chi connectivity index (χ0v) is 14.1. The molecule has 5 nitrogen and oxygen atoms in total. The van der Waals surface area contributed by atoms with Crippen LogP contribution in [0.25, 0.3) is 5.69 Å². The van der Waals surface area contributed by atoms with Crippen molar-refractivity contribution in [1.29, 1.82) is 0 Å². The van der Waals surface area contributed by atoms with Gasteiger partial charge in [-0.3, -0.25) is 4.79 Å². The monoisotopic (exact) mass is 324 g/mol. The number of rotatable bonds is 2. The molecule has 0 aliphatic carbocycles. The summed E-state index contributed by atoms with van der Waals surface area (Å²) in [5, 5.41) is 7.79. The molecule has 1 amide bonds. The molecule has 0 unspecified atom stereocenters. The van der Waals surface area contributed by atoms with Gasteiger partial charge in [0, 0.05) is 24.8 Å². The number of likely N-dealkylation sites (tertiary alicyclic amines) is 1. The minimum atomic E-state index is 0.158. The summed E-state index contributed by atoms with van der Waals surface area (Å²) in [6, 6.07) is 7.77. The van der Waals surface area contributed by atoms with E-state index in [1.807, 2.05) is 53.2 Å². The van der Waals surface area contributed by atoms with Crippen molar-refractivity contribution in [3.05, 3.63) is 47.8 Å². The molecule has 1 aromatic carbocycles. The van der Waals surface area contributed by atoms with E-state index < -0.39 is 0 Å². The normalized spacial score (nSPS) is 23.8. The van der Waals surface area contributed by atoms with Crippen LogP contribution in [0.1, 0.15) is 28.8 Å². The third kappa shape index (κ3) is 2.96. The van der Waals surface area contributed by atoms with Crippen LogP contribution in [0.4, 0.5) is 0 Å². The summed E-state index contributed by atoms with van der Waals surface area (Å²) >= 11 is 0. The highest BCUT2D eigenvalue weighted by Crippen LogP contribution is 2.27. The fraction of sp³-hybridized carbons (Fsp3) is 0.474. The minimum Gasteiger partial charge on any atom is -0.339 e. The van der Waals surface area contributed by atoms with Gasteiger partial charge in [-0.2, -0.15) is 5.10 Å². The first-order chi connectivity index (χ1) is 11.7. The van der Waals surface area contributed by atoms with E-state index in [1.54, 1.807) is 0 Å². The van der Waals surface area contributed by atoms with Crippen LogP contribution < -0.4 is 5.32 Å². The molecule has 2 aliphatic heterocycles. The molecule has 0 bridgehead atoms. The summed E-state index contributed by atoms with van der Waals surface area (Å²) in [5.74, 6) is 1.65. The van der Waals surface area contributed by atoms with Crippen molar-refractivity contribution < 1.29 is 4.79 Å². The first-order valence-electron chi connectivity index (χ1n) is 8.82. The van der Waals surface area contributed by atoms with Crippen LogP contribution >= 0.6 is 0 Å². The van der Waals surface area contributed by atoms with Crippen molar-refractivity contribution in [3.63, 3.8) is 0 Å². The number of nitrogens with zero attached hydrogens (tertiary/aromatic N) is 3. The van der Waals surface area contributed by atoms with Crippen LogP contribution in [-0.2, 0) is 0 Å². The van der Waals surface area contributed by atoms with Gasteiger partial charge in [0.05, 0.1) is 11.9 Å². The summed E-state index contributed by atoms with van der Waals surface area (Å²) in [7, 11) is 0. The van der Waals surface area contributed by atoms with Crippen LogP contribution in [-0.4, -0.2) is 46.8 Å². The smallest absolute Gasteiger partial charge is 0.253 e. The summed E-state index contributed by atoms with van der Waals surface area (Å²) in [5.41, 5.74) is 2.88. The van der Waals surface area contributed by atoms with Crippen molar-refractivity contribution in [2.24, 2.45) is 11.8 Å². The van der Waals surface area contributed by atoms with E-state index in [-0.39, 0.29) is 5.91 Å². The summed E-state index contributed by atoms with van der Waals surface area (Å²) < 4.78 is 1.84. The number of benzene rings is 1. The summed E-state index contributed by atoms with van der Waals surface area (Å²) in [6.07, 6.45) is 6.06. The first kappa shape index (κ1) is 15.4. The molecule has 126 valence electrons. The molecule has 4 rings (SSSR count). The molecule has 0 radical (unpaired) electrons. The number of carbonyl (C=O) groups excluding carboxylic acids is 1. The Morgan fingerprint density at radius 3 is 2.38 bits per heavy atom. The lowest BCUT2D eigenvalue weighted by molar-refractivity contribution is 0.0758. The van der Waals surface area contributed by atoms with Gasteiger partial charge in [-0.05, 0) is 74.5 Å². The van der Waals surface area contributed by atoms with Crippen molar-refractivity contribution >= 4 is 5.91 Å². The Bertz CT molecular complexity index is 707. The molecule has 5 heteroatoms. The van der Waals surface area contributed by atoms with Crippen molar-refractivity contribution in [3.8, 4) is 5.69 Å². The Morgan fingerprint density at radius 2 is 1.79 bits per heavy atom. The third-order valence-corrected chi connectivity index (χ3v) is 5.40. The molecule has 2 fully saturated rings. The zero-order valence-electron chi connectivity index (χ0n) is 14.1. The van der Waals surface area contributed by atoms with E-state index in [9.17, 15) is 4.79 Å². The zero-order chi connectivity index (χ0) is 16.5. The number of carbonyl (C=O) groups is 1. The van der Waals surface area contributed by atoms with Crippen LogP contribution in [0.5, 0.6) is 0 Å². The Morgan fingerprint density at radius 1 is 1.12 bits per heavy atom. The second kappa shape index (κ2) is 6.40. The van der Waals surface area contributed by atoms with Crippen LogP contribution in [0.2, 0.25) is 0 Å². The summed E-state index contributed by atoms with van der Waals surface area (Å²) in [4.78, 5) is 14.8. The molecular formula is C19H24N4O. The summed E-state index contributed by atoms with van der Waals surface area (Å²) in [6.45, 7) is 6.00. The van der Waals surface area contributed by atoms with Gasteiger partial charge in [-0.1, -0.05) is 0 Å². The average molecular weight is 324 g/mol. The van der Waals surface area contributed by atoms with Crippen LogP contribution in [0.15, 0.2) is 36.7 Å². The Kier molecular flexibility index (Phi) is 4.10. The molecule has 2 aromatic rings. The molecule has 0 saturated carbocycles. The molecule has 2 atom stereocenters. The Labute approximate surface area is 142 Å². The largest absolute Gasteiger partial charge is 0.339 e. The average Bonchev–Trinajstić information content (AvgIpc) is 3.19. The molecule has 1 N–H and O–H groups in total. The van der Waals surface area contributed by atoms with E-state index in [4.69, 9.17) is 0 Å². The van der Waals surface area contributed by atoms with Gasteiger partial charge < -0.3 is 10.2 Å². The molecule has 2 saturated heterocycles. The molecular weight excluding hydrogens is 300 g/mol. The van der Waals surface area contributed by atoms with E-state index in [2.05, 4.69) is 10.4 Å². The van der Waals surface area contributed by atoms with Crippen molar-refractivity contribution in [2.75, 3.05) is 26.2 Å². The second-order valence-electron chi connectivity index (χ2n) is 7.06. The topological polar surface area (TPSA) is 50.2 Å². The van der Waals surface area contributed by atoms with E-state index in [0.717, 1.165) is 67.7 Å². The molecule has 2 aliphatic rings. The van der Waals surface area contributed by atoms with E-state index in [1.165, 1.54) is 0 Å². The lowest BCUT2D eigenvalue weighted by atomic mass is 9.92. The van der Waals surface area contributed by atoms with E-state index >= 15 is 0 Å². The number of aromatic nitrogens is 2. The number of aryl methyl sites for hydroxylation is 1. The van der Waals surface area contributed by atoms with Gasteiger partial charge in [0.1, 0.15) is 0 Å². The fourth-order valence-electron chi connectivity index (χ4n) is 3.91. The molecule has 0 spiro atoms. The fourth-order valence-corrected chi connectivity index (χ4v) is 3.91. The predicted molar refractivity (Wildman–Crippen MR) is 93.3 cm³/mol. The maximum Gasteiger partial charge on any atom is 0.253 e. The highest BCUT2D eigenvalue weighted by molar-refractivity contribution is 5.94. The SMILES string of the molecule is Cc1cnn(-c2ccc(C(=O)N3CC[C@@H]4CNC[C@@H]4CC3)cc2)c1. The molecule has 3 heterocycles. The highest BCUT2D eigenvalue weighted by atomic mass is 16.2. The lowest BCUT2D eigenvalue weighted by Crippen LogP contribution is -2.32. The van der Waals surface area contributed by atoms with Gasteiger partial charge >= 0.3 is 0 Å². The minimum absolute atomic E-state index is 0.158. The maximum atomic E-state index is 12.8. The van der Waals surface area contributed by atoms with Gasteiger partial charge in [0.2, 0.25) is 0 Å². The number of nitrogens with one attached hydrogen (secondary N) is 1. The first-order valence-corrected chi connectivity index (χ1v) is 8.82. The van der Waals surface area contributed by atoms with Gasteiger partial charge in [-0.15, -0.1) is 0 Å². The van der Waals surface area contributed by atoms with Gasteiger partial charge in [0.15, 0.2) is 0 Å². The van der Waals surface area contributed by atoms with Crippen LogP contribution in [0.3, 0.4) is 0 Å². The van der Waals surface area contributed by atoms with Crippen molar-refractivity contribution in [2.45, 2.75) is 19.8 Å². The number of amides is 1. The number of hydrogen-bond donors (Lipinski definition) is 1. The Hall–Kier alpha value is -2.14. The van der Waals surface area contributed by atoms with Gasteiger partial charge in [-0.25, -0.2) is 4.68 Å².